The maximum Gasteiger partial charge on any atom is 0.297 e. The van der Waals surface area contributed by atoms with Gasteiger partial charge in [0, 0.05) is 25.3 Å². The average molecular weight is 357 g/mol. The zero-order chi connectivity index (χ0) is 18.3. The van der Waals surface area contributed by atoms with Crippen LogP contribution in [0.4, 0.5) is 13.2 Å². The van der Waals surface area contributed by atoms with Crippen LogP contribution in [0.3, 0.4) is 0 Å². The molecule has 0 aromatic heterocycles. The highest BCUT2D eigenvalue weighted by molar-refractivity contribution is 5.36. The molecule has 1 aromatic carbocycles. The molecule has 0 unspecified atom stereocenters. The first-order chi connectivity index (χ1) is 11.7. The third kappa shape index (κ3) is 3.09. The molecule has 2 aliphatic heterocycles. The lowest BCUT2D eigenvalue weighted by Gasteiger charge is -2.44. The highest BCUT2D eigenvalue weighted by Crippen LogP contribution is 2.48. The molecule has 140 valence electrons. The summed E-state index contributed by atoms with van der Waals surface area (Å²) in [5.74, 6) is -3.71. The fraction of sp³-hybridized carbons (Fsp3) is 0.684. The van der Waals surface area contributed by atoms with Gasteiger partial charge in [-0.15, -0.1) is 0 Å². The second-order valence-corrected chi connectivity index (χ2v) is 7.61. The summed E-state index contributed by atoms with van der Waals surface area (Å²) < 4.78 is 56.1. The third-order valence-electron chi connectivity index (χ3n) is 5.65. The second kappa shape index (κ2) is 6.56. The summed E-state index contributed by atoms with van der Waals surface area (Å²) in [6.45, 7) is 5.76. The van der Waals surface area contributed by atoms with E-state index in [0.29, 0.717) is 13.2 Å². The van der Waals surface area contributed by atoms with E-state index in [1.54, 1.807) is 12.1 Å². The molecule has 0 aliphatic carbocycles. The normalized spacial score (nSPS) is 30.0. The molecule has 2 aliphatic rings. The Labute approximate surface area is 146 Å². The van der Waals surface area contributed by atoms with Crippen LogP contribution in [0.5, 0.6) is 0 Å². The highest BCUT2D eigenvalue weighted by atomic mass is 19.3. The van der Waals surface area contributed by atoms with E-state index in [1.165, 1.54) is 26.8 Å². The van der Waals surface area contributed by atoms with E-state index >= 15 is 8.78 Å². The van der Waals surface area contributed by atoms with Gasteiger partial charge in [-0.3, -0.25) is 0 Å². The minimum atomic E-state index is -3.30. The molecule has 25 heavy (non-hydrogen) atoms. The van der Waals surface area contributed by atoms with Gasteiger partial charge in [-0.1, -0.05) is 12.1 Å². The number of nitrogens with one attached hydrogen (secondary N) is 1. The van der Waals surface area contributed by atoms with Gasteiger partial charge in [0.05, 0.1) is 6.61 Å². The summed E-state index contributed by atoms with van der Waals surface area (Å²) in [5.41, 5.74) is -2.66. The number of halogens is 3. The largest absolute Gasteiger partial charge is 0.381 e. The highest BCUT2D eigenvalue weighted by Gasteiger charge is 2.63. The van der Waals surface area contributed by atoms with Crippen molar-refractivity contribution in [2.75, 3.05) is 26.4 Å². The smallest absolute Gasteiger partial charge is 0.297 e. The zero-order valence-electron chi connectivity index (χ0n) is 15.0. The van der Waals surface area contributed by atoms with Crippen LogP contribution < -0.4 is 5.32 Å². The quantitative estimate of drug-likeness (QED) is 0.869. The van der Waals surface area contributed by atoms with Crippen molar-refractivity contribution in [1.82, 2.24) is 5.32 Å². The second-order valence-electron chi connectivity index (χ2n) is 7.61. The number of ether oxygens (including phenoxy) is 2. The molecular weight excluding hydrogens is 331 g/mol. The summed E-state index contributed by atoms with van der Waals surface area (Å²) in [6, 6.07) is 4.62. The molecule has 1 N–H and O–H groups in total. The Bertz CT molecular complexity index is 629. The number of benzene rings is 1. The van der Waals surface area contributed by atoms with Gasteiger partial charge in [-0.05, 0) is 51.2 Å². The van der Waals surface area contributed by atoms with Gasteiger partial charge in [0.25, 0.3) is 5.92 Å². The van der Waals surface area contributed by atoms with E-state index in [-0.39, 0.29) is 24.6 Å². The van der Waals surface area contributed by atoms with Gasteiger partial charge in [0.15, 0.2) is 0 Å². The molecule has 2 heterocycles. The SMILES string of the molecule is CC1(C)OCCN[C@](C)(c2cc(C3CCOCC3)ccc2F)C1(F)F. The van der Waals surface area contributed by atoms with Gasteiger partial charge in [-0.2, -0.15) is 0 Å². The number of alkyl halides is 2. The van der Waals surface area contributed by atoms with Gasteiger partial charge in [0.2, 0.25) is 0 Å². The van der Waals surface area contributed by atoms with Crippen molar-refractivity contribution in [3.63, 3.8) is 0 Å². The fourth-order valence-electron chi connectivity index (χ4n) is 3.89. The van der Waals surface area contributed by atoms with Crippen LogP contribution in [0.1, 0.15) is 50.7 Å². The van der Waals surface area contributed by atoms with Gasteiger partial charge < -0.3 is 14.8 Å². The molecule has 2 fully saturated rings. The molecule has 3 nitrogen and oxygen atoms in total. The molecule has 0 radical (unpaired) electrons. The predicted molar refractivity (Wildman–Crippen MR) is 89.5 cm³/mol. The van der Waals surface area contributed by atoms with Crippen LogP contribution in [0.2, 0.25) is 0 Å². The monoisotopic (exact) mass is 357 g/mol. The topological polar surface area (TPSA) is 30.5 Å². The number of hydrogen-bond acceptors (Lipinski definition) is 3. The lowest BCUT2D eigenvalue weighted by Crippen LogP contribution is -2.62. The van der Waals surface area contributed by atoms with Gasteiger partial charge in [-0.25, -0.2) is 13.2 Å². The molecule has 6 heteroatoms. The molecule has 0 spiro atoms. The molecule has 0 bridgehead atoms. The van der Waals surface area contributed by atoms with Crippen LogP contribution >= 0.6 is 0 Å². The van der Waals surface area contributed by atoms with E-state index in [0.717, 1.165) is 18.4 Å². The molecule has 0 amide bonds. The Morgan fingerprint density at radius 1 is 1.08 bits per heavy atom. The maximum absolute atomic E-state index is 15.4. The Kier molecular flexibility index (Phi) is 4.90. The Hall–Kier alpha value is -1.11. The summed E-state index contributed by atoms with van der Waals surface area (Å²) in [5, 5.41) is 2.85. The first-order valence-corrected chi connectivity index (χ1v) is 8.83. The maximum atomic E-state index is 15.4. The van der Waals surface area contributed by atoms with E-state index in [1.807, 2.05) is 0 Å². The summed E-state index contributed by atoms with van der Waals surface area (Å²) in [6.07, 6.45) is 1.64. The molecule has 1 aromatic rings. The third-order valence-corrected chi connectivity index (χ3v) is 5.65. The van der Waals surface area contributed by atoms with Crippen LogP contribution in [0.15, 0.2) is 18.2 Å². The fourth-order valence-corrected chi connectivity index (χ4v) is 3.89. The van der Waals surface area contributed by atoms with E-state index in [2.05, 4.69) is 5.32 Å². The van der Waals surface area contributed by atoms with E-state index < -0.39 is 22.9 Å². The van der Waals surface area contributed by atoms with Crippen molar-refractivity contribution in [1.29, 1.82) is 0 Å². The van der Waals surface area contributed by atoms with Gasteiger partial charge in [0.1, 0.15) is 17.0 Å². The standard InChI is InChI=1S/C19H26F3NO2/c1-17(2)19(21,22)18(3,23-8-11-25-17)15-12-14(4-5-16(15)20)13-6-9-24-10-7-13/h4-5,12-13,23H,6-11H2,1-3H3/t18-/m1/s1. The Morgan fingerprint density at radius 3 is 2.44 bits per heavy atom. The van der Waals surface area contributed by atoms with Crippen LogP contribution in [-0.4, -0.2) is 37.9 Å². The van der Waals surface area contributed by atoms with Crippen molar-refractivity contribution >= 4 is 0 Å². The average Bonchev–Trinajstić information content (AvgIpc) is 2.66. The molecule has 3 rings (SSSR count). The number of rotatable bonds is 2. The Morgan fingerprint density at radius 2 is 1.76 bits per heavy atom. The first-order valence-electron chi connectivity index (χ1n) is 8.83. The van der Waals surface area contributed by atoms with Crippen molar-refractivity contribution in [2.45, 2.75) is 56.6 Å². The Balaban J connectivity index is 2.06. The van der Waals surface area contributed by atoms with Crippen molar-refractivity contribution < 1.29 is 22.6 Å². The summed E-state index contributed by atoms with van der Waals surface area (Å²) in [7, 11) is 0. The van der Waals surface area contributed by atoms with Crippen LogP contribution in [0.25, 0.3) is 0 Å². The lowest BCUT2D eigenvalue weighted by atomic mass is 9.76. The van der Waals surface area contributed by atoms with Crippen molar-refractivity contribution in [3.05, 3.63) is 35.1 Å². The van der Waals surface area contributed by atoms with Gasteiger partial charge >= 0.3 is 0 Å². The molecule has 0 saturated carbocycles. The molecule has 1 atom stereocenters. The lowest BCUT2D eigenvalue weighted by molar-refractivity contribution is -0.216. The van der Waals surface area contributed by atoms with Crippen LogP contribution in [0, 0.1) is 5.82 Å². The van der Waals surface area contributed by atoms with Crippen molar-refractivity contribution in [3.8, 4) is 0 Å². The predicted octanol–water partition coefficient (Wildman–Crippen LogP) is 3.97. The molecule has 2 saturated heterocycles. The van der Waals surface area contributed by atoms with Crippen molar-refractivity contribution in [2.24, 2.45) is 0 Å². The van der Waals surface area contributed by atoms with Crippen LogP contribution in [-0.2, 0) is 15.0 Å². The number of hydrogen-bond donors (Lipinski definition) is 1. The first kappa shape index (κ1) is 18.7. The summed E-state index contributed by atoms with van der Waals surface area (Å²) >= 11 is 0. The minimum Gasteiger partial charge on any atom is -0.381 e. The molecular formula is C19H26F3NO2. The van der Waals surface area contributed by atoms with E-state index in [4.69, 9.17) is 9.47 Å². The summed E-state index contributed by atoms with van der Waals surface area (Å²) in [4.78, 5) is 0. The zero-order valence-corrected chi connectivity index (χ0v) is 15.0. The van der Waals surface area contributed by atoms with E-state index in [9.17, 15) is 4.39 Å². The minimum absolute atomic E-state index is 0.0000619.